The third kappa shape index (κ3) is 11.4. The highest BCUT2D eigenvalue weighted by atomic mass is 35.5. The number of nitrogens with one attached hydrogen (secondary N) is 1. The van der Waals surface area contributed by atoms with Gasteiger partial charge in [0.1, 0.15) is 16.7 Å². The van der Waals surface area contributed by atoms with Crippen LogP contribution in [-0.4, -0.2) is 48.8 Å². The molecule has 6 nitrogen and oxygen atoms in total. The number of carbonyl (C=O) groups is 1. The Balaban J connectivity index is 1.72. The van der Waals surface area contributed by atoms with Gasteiger partial charge < -0.3 is 14.4 Å². The molecule has 0 saturated carbocycles. The summed E-state index contributed by atoms with van der Waals surface area (Å²) < 4.78 is 26.7. The van der Waals surface area contributed by atoms with E-state index in [1.807, 2.05) is 18.2 Å². The summed E-state index contributed by atoms with van der Waals surface area (Å²) >= 11 is 6.24. The average molecular weight is 617 g/mol. The molecule has 1 heterocycles. The Morgan fingerprint density at radius 1 is 1.40 bits per heavy atom. The van der Waals surface area contributed by atoms with Crippen LogP contribution in [0.25, 0.3) is 0 Å². The molecule has 1 aromatic rings. The van der Waals surface area contributed by atoms with Crippen molar-refractivity contribution in [2.45, 2.75) is 65.7 Å². The molecular weight excluding hydrogens is 568 g/mol. The van der Waals surface area contributed by atoms with Crippen LogP contribution in [0.15, 0.2) is 66.3 Å². The monoisotopic (exact) mass is 616 g/mol. The maximum atomic E-state index is 13.0. The lowest BCUT2D eigenvalue weighted by Gasteiger charge is -2.34. The molecule has 1 amide bonds. The van der Waals surface area contributed by atoms with Crippen LogP contribution in [0.3, 0.4) is 0 Å². The summed E-state index contributed by atoms with van der Waals surface area (Å²) in [5.41, 5.74) is 1.34. The lowest BCUT2D eigenvalue weighted by molar-refractivity contribution is 0.0982. The fourth-order valence-corrected chi connectivity index (χ4v) is 6.35. The first-order valence-corrected chi connectivity index (χ1v) is 17.0. The molecule has 42 heavy (non-hydrogen) atoms. The third-order valence-electron chi connectivity index (χ3n) is 7.81. The number of benzene rings is 1. The van der Waals surface area contributed by atoms with E-state index in [4.69, 9.17) is 21.1 Å². The maximum Gasteiger partial charge on any atom is 0.263 e. The lowest BCUT2D eigenvalue weighted by Crippen LogP contribution is -2.38. The Kier molecular flexibility index (Phi) is 14.4. The molecule has 0 bridgehead atoms. The summed E-state index contributed by atoms with van der Waals surface area (Å²) in [7, 11) is -1.53. The van der Waals surface area contributed by atoms with Gasteiger partial charge in [0.2, 0.25) is 0 Å². The number of anilines is 1. The van der Waals surface area contributed by atoms with Crippen LogP contribution >= 0.6 is 11.6 Å². The van der Waals surface area contributed by atoms with Gasteiger partial charge in [-0.2, -0.15) is 0 Å². The highest BCUT2D eigenvalue weighted by molar-refractivity contribution is 7.83. The lowest BCUT2D eigenvalue weighted by atomic mass is 9.83. The van der Waals surface area contributed by atoms with Crippen molar-refractivity contribution >= 4 is 34.2 Å². The van der Waals surface area contributed by atoms with E-state index in [0.29, 0.717) is 30.6 Å². The Morgan fingerprint density at radius 3 is 3.00 bits per heavy atom. The van der Waals surface area contributed by atoms with Gasteiger partial charge in [-0.3, -0.25) is 9.52 Å². The van der Waals surface area contributed by atoms with Gasteiger partial charge in [0, 0.05) is 29.1 Å². The number of carbonyl (C=O) groups excluding carboxylic acids is 1. The Morgan fingerprint density at radius 2 is 2.24 bits per heavy atom. The highest BCUT2D eigenvalue weighted by Crippen LogP contribution is 2.39. The molecule has 0 spiro atoms. The molecule has 0 radical (unpaired) electrons. The Labute approximate surface area is 260 Å². The van der Waals surface area contributed by atoms with Crippen molar-refractivity contribution < 1.29 is 18.5 Å². The Bertz CT molecular complexity index is 1150. The predicted octanol–water partition coefficient (Wildman–Crippen LogP) is 7.74. The smallest absolute Gasteiger partial charge is 0.263 e. The van der Waals surface area contributed by atoms with Crippen molar-refractivity contribution in [3.05, 3.63) is 71.8 Å². The maximum absolute atomic E-state index is 13.0. The molecule has 2 aliphatic rings. The zero-order chi connectivity index (χ0) is 30.4. The van der Waals surface area contributed by atoms with Gasteiger partial charge in [-0.15, -0.1) is 6.58 Å². The predicted molar refractivity (Wildman–Crippen MR) is 177 cm³/mol. The standard InChI is InChI=1S/C34H49ClN2O4S/c1-5-7-8-11-27(3)17-19-37-25-34(4,18-10-13-28-12-9-14-30(35)23-28)26-41-32-16-15-29(24-31(32)37)33(38)36-42(39)22-21-40-20-6-2/h6,8-9,11,14-16,23-24,27-28H,2,5,7,10,12-13,17-22,25-26H2,1,3-4H3,(H,36,38)/b11-8+. The third-order valence-corrected chi connectivity index (χ3v) is 9.01. The van der Waals surface area contributed by atoms with Crippen LogP contribution < -0.4 is 14.4 Å². The molecule has 232 valence electrons. The number of hydrogen-bond donors (Lipinski definition) is 1. The van der Waals surface area contributed by atoms with Crippen molar-refractivity contribution in [3.63, 3.8) is 0 Å². The molecule has 4 unspecified atom stereocenters. The molecule has 0 saturated heterocycles. The van der Waals surface area contributed by atoms with Crippen molar-refractivity contribution in [2.75, 3.05) is 43.6 Å². The number of rotatable bonds is 17. The van der Waals surface area contributed by atoms with E-state index in [1.54, 1.807) is 12.1 Å². The van der Waals surface area contributed by atoms with E-state index in [0.717, 1.165) is 74.5 Å². The van der Waals surface area contributed by atoms with Crippen LogP contribution in [0.1, 0.15) is 76.1 Å². The van der Waals surface area contributed by atoms with Crippen molar-refractivity contribution in [3.8, 4) is 5.75 Å². The van der Waals surface area contributed by atoms with Crippen molar-refractivity contribution in [2.24, 2.45) is 17.3 Å². The molecular formula is C34H49ClN2O4S. The first-order valence-electron chi connectivity index (χ1n) is 15.3. The molecule has 0 fully saturated rings. The number of nitrogens with zero attached hydrogens (tertiary/aromatic N) is 1. The molecule has 3 rings (SSSR count). The van der Waals surface area contributed by atoms with E-state index in [-0.39, 0.29) is 23.7 Å². The zero-order valence-corrected chi connectivity index (χ0v) is 27.2. The van der Waals surface area contributed by atoms with Crippen LogP contribution in [0, 0.1) is 17.3 Å². The fourth-order valence-electron chi connectivity index (χ4n) is 5.38. The second kappa shape index (κ2) is 17.7. The van der Waals surface area contributed by atoms with Gasteiger partial charge in [0.25, 0.3) is 5.91 Å². The minimum Gasteiger partial charge on any atom is -0.491 e. The number of halogens is 1. The van der Waals surface area contributed by atoms with Gasteiger partial charge in [0.05, 0.1) is 31.3 Å². The van der Waals surface area contributed by atoms with Crippen LogP contribution in [0.5, 0.6) is 5.75 Å². The first kappa shape index (κ1) is 34.1. The largest absolute Gasteiger partial charge is 0.491 e. The molecule has 1 aliphatic heterocycles. The highest BCUT2D eigenvalue weighted by Gasteiger charge is 2.33. The number of hydrogen-bond acceptors (Lipinski definition) is 5. The van der Waals surface area contributed by atoms with Crippen molar-refractivity contribution in [1.82, 2.24) is 4.72 Å². The second-order valence-corrected chi connectivity index (χ2v) is 13.6. The van der Waals surface area contributed by atoms with Gasteiger partial charge in [0.15, 0.2) is 0 Å². The summed E-state index contributed by atoms with van der Waals surface area (Å²) in [5, 5.41) is 0.837. The summed E-state index contributed by atoms with van der Waals surface area (Å²) in [6.45, 7) is 13.3. The number of allylic oxidation sites excluding steroid dienone is 6. The van der Waals surface area contributed by atoms with Crippen molar-refractivity contribution in [1.29, 1.82) is 0 Å². The van der Waals surface area contributed by atoms with Gasteiger partial charge in [-0.25, -0.2) is 4.21 Å². The number of ether oxygens (including phenoxy) is 2. The number of unbranched alkanes of at least 4 members (excludes halogenated alkanes) is 1. The number of fused-ring (bicyclic) bond motifs is 1. The zero-order valence-electron chi connectivity index (χ0n) is 25.6. The molecule has 4 atom stereocenters. The second-order valence-electron chi connectivity index (χ2n) is 11.9. The molecule has 1 N–H and O–H groups in total. The minimum atomic E-state index is -1.53. The van der Waals surface area contributed by atoms with E-state index in [1.165, 1.54) is 0 Å². The van der Waals surface area contributed by atoms with E-state index in [2.05, 4.69) is 61.3 Å². The molecule has 1 aromatic carbocycles. The van der Waals surface area contributed by atoms with Gasteiger partial charge in [-0.05, 0) is 68.2 Å². The summed E-state index contributed by atoms with van der Waals surface area (Å²) in [6, 6.07) is 5.52. The van der Waals surface area contributed by atoms with Gasteiger partial charge in [-0.1, -0.05) is 75.6 Å². The molecule has 1 aliphatic carbocycles. The normalized spacial score (nSPS) is 21.7. The quantitative estimate of drug-likeness (QED) is 0.143. The number of amides is 1. The molecule has 0 aromatic heterocycles. The topological polar surface area (TPSA) is 67.9 Å². The minimum absolute atomic E-state index is 0.0479. The SMILES string of the molecule is C=CCOCCS(=O)NC(=O)c1ccc2c(c1)N(CCC(C)/C=C/CCC)CC(C)(CCCC1C=C(Cl)C=CC1)CO2. The fraction of sp³-hybridized carbons (Fsp3) is 0.559. The van der Waals surface area contributed by atoms with Gasteiger partial charge >= 0.3 is 0 Å². The Hall–Kier alpha value is -2.35. The summed E-state index contributed by atoms with van der Waals surface area (Å²) in [5.74, 6) is 1.58. The van der Waals surface area contributed by atoms with Crippen LogP contribution in [0.4, 0.5) is 5.69 Å². The average Bonchev–Trinajstić information content (AvgIpc) is 3.10. The van der Waals surface area contributed by atoms with E-state index < -0.39 is 11.0 Å². The van der Waals surface area contributed by atoms with Crippen LogP contribution in [-0.2, 0) is 15.7 Å². The van der Waals surface area contributed by atoms with Crippen LogP contribution in [0.2, 0.25) is 0 Å². The summed E-state index contributed by atoms with van der Waals surface area (Å²) in [6.07, 6.45) is 20.1. The first-order chi connectivity index (χ1) is 20.2. The molecule has 8 heteroatoms. The van der Waals surface area contributed by atoms with E-state index in [9.17, 15) is 9.00 Å². The summed E-state index contributed by atoms with van der Waals surface area (Å²) in [4.78, 5) is 15.4. The van der Waals surface area contributed by atoms with E-state index >= 15 is 0 Å².